The van der Waals surface area contributed by atoms with Gasteiger partial charge < -0.3 is 14.9 Å². The second-order valence-electron chi connectivity index (χ2n) is 5.69. The van der Waals surface area contributed by atoms with Crippen LogP contribution in [0.3, 0.4) is 0 Å². The van der Waals surface area contributed by atoms with Crippen molar-refractivity contribution in [3.63, 3.8) is 0 Å². The summed E-state index contributed by atoms with van der Waals surface area (Å²) in [6.45, 7) is 0. The maximum absolute atomic E-state index is 4.54. The molecule has 0 aliphatic rings. The third-order valence-corrected chi connectivity index (χ3v) is 4.30. The van der Waals surface area contributed by atoms with Gasteiger partial charge in [-0.3, -0.25) is 9.13 Å². The van der Waals surface area contributed by atoms with Crippen LogP contribution in [0.15, 0.2) is 85.5 Å². The van der Waals surface area contributed by atoms with Crippen molar-refractivity contribution in [1.29, 1.82) is 0 Å². The summed E-state index contributed by atoms with van der Waals surface area (Å²) in [7, 11) is 0. The van der Waals surface area contributed by atoms with E-state index in [9.17, 15) is 0 Å². The Morgan fingerprint density at radius 3 is 1.44 bits per heavy atom. The summed E-state index contributed by atoms with van der Waals surface area (Å²) < 4.78 is 4.25. The van der Waals surface area contributed by atoms with Crippen molar-refractivity contribution in [2.45, 2.75) is 0 Å². The first-order chi connectivity index (χ1) is 11.9. The summed E-state index contributed by atoms with van der Waals surface area (Å²) in [5.41, 5.74) is 4.06. The number of hydrogen-bond donors (Lipinski definition) is 0. The predicted octanol–water partition coefficient (Wildman–Crippen LogP) is 5.26. The molecule has 4 aromatic heterocycles. The van der Waals surface area contributed by atoms with E-state index in [4.69, 9.17) is 0 Å². The molecule has 4 nitrogen and oxygen atoms in total. The van der Waals surface area contributed by atoms with Crippen molar-refractivity contribution in [2.75, 3.05) is 0 Å². The fourth-order valence-electron chi connectivity index (χ4n) is 3.19. The van der Waals surface area contributed by atoms with E-state index in [1.165, 1.54) is 0 Å². The van der Waals surface area contributed by atoms with Crippen LogP contribution in [0.2, 0.25) is 0 Å². The van der Waals surface area contributed by atoms with Crippen LogP contribution in [-0.4, -0.2) is 19.1 Å². The normalized spacial score (nSPS) is 10.1. The first-order valence-corrected chi connectivity index (χ1v) is 7.86. The zero-order chi connectivity index (χ0) is 15.9. The number of rotatable bonds is 2. The molecule has 0 aliphatic heterocycles. The van der Waals surface area contributed by atoms with Crippen LogP contribution in [0.4, 0.5) is 0 Å². The Morgan fingerprint density at radius 1 is 0.556 bits per heavy atom. The number of nitrogens with zero attached hydrogens (tertiary/aromatic N) is 4. The second kappa shape index (κ2) is 8.32. The molecule has 5 heteroatoms. The van der Waals surface area contributed by atoms with Gasteiger partial charge in [0.05, 0.1) is 11.4 Å². The van der Waals surface area contributed by atoms with Crippen LogP contribution in [-0.2, 0) is 21.1 Å². The van der Waals surface area contributed by atoms with Crippen molar-refractivity contribution in [3.05, 3.63) is 100 Å². The number of aromatic nitrogens is 4. The summed E-state index contributed by atoms with van der Waals surface area (Å²) in [6, 6.07) is 20.6. The van der Waals surface area contributed by atoms with Gasteiger partial charge in [0.2, 0.25) is 0 Å². The molecule has 1 aromatic carbocycles. The molecule has 0 unspecified atom stereocenters. The first-order valence-electron chi connectivity index (χ1n) is 7.86. The Bertz CT molecular complexity index is 1080. The smallest absolute Gasteiger partial charge is 0.358 e. The largest absolute Gasteiger partial charge is 2.00 e. The average Bonchev–Trinajstić information content (AvgIpc) is 3.26. The summed E-state index contributed by atoms with van der Waals surface area (Å²) >= 11 is 0. The molecule has 0 amide bonds. The molecule has 27 heavy (non-hydrogen) atoms. The van der Waals surface area contributed by atoms with Crippen molar-refractivity contribution >= 4 is 22.1 Å². The van der Waals surface area contributed by atoms with E-state index < -0.39 is 0 Å². The molecule has 0 atom stereocenters. The van der Waals surface area contributed by atoms with E-state index >= 15 is 0 Å². The Morgan fingerprint density at radius 2 is 1.00 bits per heavy atom. The van der Waals surface area contributed by atoms with Gasteiger partial charge in [-0.15, -0.1) is 0 Å². The van der Waals surface area contributed by atoms with E-state index in [1.54, 1.807) is 0 Å². The topological polar surface area (TPSA) is 35.6 Å². The molecule has 4 heterocycles. The minimum atomic E-state index is 0. The Balaban J connectivity index is 0.000000871. The number of benzene rings is 1. The molecule has 0 N–H and O–H groups in total. The van der Waals surface area contributed by atoms with Gasteiger partial charge in [0.15, 0.2) is 0 Å². The Labute approximate surface area is 173 Å². The van der Waals surface area contributed by atoms with Crippen molar-refractivity contribution in [1.82, 2.24) is 19.1 Å². The maximum Gasteiger partial charge on any atom is 2.00 e. The van der Waals surface area contributed by atoms with Gasteiger partial charge in [0, 0.05) is 35.6 Å². The molecule has 0 saturated carbocycles. The van der Waals surface area contributed by atoms with Crippen LogP contribution in [0.25, 0.3) is 33.4 Å². The summed E-state index contributed by atoms with van der Waals surface area (Å²) in [5.74, 6) is 0. The van der Waals surface area contributed by atoms with Crippen molar-refractivity contribution < 1.29 is 21.1 Å². The molecule has 0 fully saturated rings. The quantitative estimate of drug-likeness (QED) is 0.289. The molecule has 0 bridgehead atoms. The molecule has 5 aromatic rings. The third-order valence-electron chi connectivity index (χ3n) is 4.30. The van der Waals surface area contributed by atoms with Crippen LogP contribution >= 0.6 is 0 Å². The standard InChI is InChI=1S/C20H14N4.2CH3.Pt/c1-2-8-18(24-14-10-16-6-4-12-22-20(16)24)17(7-1)23-13-9-15-5-3-11-21-19(15)23;;;/h1-14H;2*1H3;/q;2*-1;+2. The Kier molecular flexibility index (Phi) is 6.35. The number of para-hydroxylation sites is 2. The monoisotopic (exact) mass is 535 g/mol. The van der Waals surface area contributed by atoms with Crippen LogP contribution in [0, 0.1) is 14.9 Å². The van der Waals surface area contributed by atoms with Gasteiger partial charge in [0.25, 0.3) is 0 Å². The Hall–Kier alpha value is -2.71. The van der Waals surface area contributed by atoms with E-state index in [0.717, 1.165) is 33.4 Å². The summed E-state index contributed by atoms with van der Waals surface area (Å²) in [6.07, 6.45) is 7.79. The molecular formula is C22H20N4Pt. The van der Waals surface area contributed by atoms with Gasteiger partial charge >= 0.3 is 21.1 Å². The van der Waals surface area contributed by atoms with E-state index in [2.05, 4.69) is 67.9 Å². The van der Waals surface area contributed by atoms with Gasteiger partial charge in [-0.1, -0.05) is 12.1 Å². The zero-order valence-electron chi connectivity index (χ0n) is 15.2. The fourth-order valence-corrected chi connectivity index (χ4v) is 3.19. The molecule has 138 valence electrons. The van der Waals surface area contributed by atoms with E-state index in [-0.39, 0.29) is 35.9 Å². The van der Waals surface area contributed by atoms with Crippen LogP contribution in [0.1, 0.15) is 0 Å². The number of pyridine rings is 2. The van der Waals surface area contributed by atoms with Gasteiger partial charge in [0.1, 0.15) is 11.3 Å². The molecule has 0 aliphatic carbocycles. The molecule has 0 spiro atoms. The number of fused-ring (bicyclic) bond motifs is 2. The average molecular weight is 536 g/mol. The second-order valence-corrected chi connectivity index (χ2v) is 5.69. The molecule has 5 rings (SSSR count). The predicted molar refractivity (Wildman–Crippen MR) is 109 cm³/mol. The minimum Gasteiger partial charge on any atom is -0.358 e. The molecule has 0 saturated heterocycles. The fraction of sp³-hybridized carbons (Fsp3) is 0. The third kappa shape index (κ3) is 3.33. The SMILES string of the molecule is [CH3-].[CH3-].[Pt+2].c1ccc(-n2ccc3cccnc32)c(-n2ccc3cccnc32)c1. The van der Waals surface area contributed by atoms with Crippen molar-refractivity contribution in [3.8, 4) is 11.4 Å². The zero-order valence-corrected chi connectivity index (χ0v) is 17.5. The maximum atomic E-state index is 4.54. The minimum absolute atomic E-state index is 0. The van der Waals surface area contributed by atoms with Gasteiger partial charge in [-0.2, -0.15) is 0 Å². The van der Waals surface area contributed by atoms with Crippen LogP contribution < -0.4 is 0 Å². The molecular weight excluding hydrogens is 515 g/mol. The van der Waals surface area contributed by atoms with Crippen molar-refractivity contribution in [2.24, 2.45) is 0 Å². The van der Waals surface area contributed by atoms with E-state index in [0.29, 0.717) is 0 Å². The van der Waals surface area contributed by atoms with Gasteiger partial charge in [-0.25, -0.2) is 9.97 Å². The summed E-state index contributed by atoms with van der Waals surface area (Å²) in [5, 5.41) is 2.26. The first kappa shape index (κ1) is 20.6. The van der Waals surface area contributed by atoms with E-state index in [1.807, 2.05) is 36.7 Å². The number of hydrogen-bond acceptors (Lipinski definition) is 2. The van der Waals surface area contributed by atoms with Crippen LogP contribution in [0.5, 0.6) is 0 Å². The van der Waals surface area contributed by atoms with Gasteiger partial charge in [-0.05, 0) is 48.5 Å². The summed E-state index contributed by atoms with van der Waals surface area (Å²) in [4.78, 5) is 9.08. The molecule has 0 radical (unpaired) electrons.